The van der Waals surface area contributed by atoms with Crippen molar-refractivity contribution in [1.29, 1.82) is 0 Å². The number of hydrogen-bond donors (Lipinski definition) is 3. The lowest BCUT2D eigenvalue weighted by Gasteiger charge is -2.15. The number of nitrogens with one attached hydrogen (secondary N) is 3. The van der Waals surface area contributed by atoms with E-state index in [1.54, 1.807) is 30.3 Å². The number of urea groups is 1. The van der Waals surface area contributed by atoms with Crippen LogP contribution in [0, 0.1) is 5.92 Å². The summed E-state index contributed by atoms with van der Waals surface area (Å²) < 4.78 is 11.0. The standard InChI is InChI=1S/C20H24ClN3O4/c1-12(2)11-28-18-16(21)9-13(10-17(18)27-4)19(25)23-14-5-7-15(8-6-14)24-20(26)22-3/h5-10,12H,11H2,1-4H3,(H,23,25)(H2,22,24,26). The van der Waals surface area contributed by atoms with Crippen LogP contribution in [-0.4, -0.2) is 32.7 Å². The molecule has 0 spiro atoms. The van der Waals surface area contributed by atoms with Crippen molar-refractivity contribution >= 4 is 34.9 Å². The maximum atomic E-state index is 12.6. The van der Waals surface area contributed by atoms with Crippen molar-refractivity contribution in [3.63, 3.8) is 0 Å². The van der Waals surface area contributed by atoms with Crippen molar-refractivity contribution in [2.75, 3.05) is 31.4 Å². The zero-order valence-corrected chi connectivity index (χ0v) is 17.0. The number of rotatable bonds is 7. The van der Waals surface area contributed by atoms with Crippen molar-refractivity contribution < 1.29 is 19.1 Å². The van der Waals surface area contributed by atoms with Gasteiger partial charge in [-0.25, -0.2) is 4.79 Å². The Morgan fingerprint density at radius 2 is 1.68 bits per heavy atom. The quantitative estimate of drug-likeness (QED) is 0.637. The van der Waals surface area contributed by atoms with Crippen LogP contribution in [0.4, 0.5) is 16.2 Å². The first-order valence-corrected chi connectivity index (χ1v) is 9.12. The van der Waals surface area contributed by atoms with Gasteiger partial charge in [0.05, 0.1) is 18.7 Å². The number of carbonyl (C=O) groups is 2. The second kappa shape index (κ2) is 9.85. The first kappa shape index (κ1) is 21.4. The zero-order chi connectivity index (χ0) is 20.7. The van der Waals surface area contributed by atoms with Crippen LogP contribution in [-0.2, 0) is 0 Å². The van der Waals surface area contributed by atoms with Crippen molar-refractivity contribution in [2.24, 2.45) is 5.92 Å². The van der Waals surface area contributed by atoms with Crippen LogP contribution < -0.4 is 25.4 Å². The van der Waals surface area contributed by atoms with Crippen LogP contribution in [0.1, 0.15) is 24.2 Å². The second-order valence-corrected chi connectivity index (χ2v) is 6.84. The van der Waals surface area contributed by atoms with E-state index < -0.39 is 0 Å². The monoisotopic (exact) mass is 405 g/mol. The summed E-state index contributed by atoms with van der Waals surface area (Å²) in [5.41, 5.74) is 1.52. The molecule has 0 saturated heterocycles. The van der Waals surface area contributed by atoms with Gasteiger partial charge < -0.3 is 25.4 Å². The van der Waals surface area contributed by atoms with E-state index in [0.717, 1.165) is 0 Å². The zero-order valence-electron chi connectivity index (χ0n) is 16.3. The van der Waals surface area contributed by atoms with Gasteiger partial charge in [0.1, 0.15) is 0 Å². The Hall–Kier alpha value is -2.93. The molecular weight excluding hydrogens is 382 g/mol. The predicted molar refractivity (Wildman–Crippen MR) is 111 cm³/mol. The Morgan fingerprint density at radius 3 is 2.21 bits per heavy atom. The predicted octanol–water partition coefficient (Wildman–Crippen LogP) is 4.39. The van der Waals surface area contributed by atoms with Crippen molar-refractivity contribution in [3.8, 4) is 11.5 Å². The highest BCUT2D eigenvalue weighted by Gasteiger charge is 2.16. The average molecular weight is 406 g/mol. The van der Waals surface area contributed by atoms with Crippen LogP contribution in [0.15, 0.2) is 36.4 Å². The molecule has 0 bridgehead atoms. The highest BCUT2D eigenvalue weighted by molar-refractivity contribution is 6.32. The Labute approximate surface area is 169 Å². The molecule has 3 N–H and O–H groups in total. The fraction of sp³-hybridized carbons (Fsp3) is 0.300. The number of halogens is 1. The molecule has 3 amide bonds. The van der Waals surface area contributed by atoms with Crippen LogP contribution in [0.5, 0.6) is 11.5 Å². The third-order valence-corrected chi connectivity index (χ3v) is 3.96. The molecule has 0 aromatic heterocycles. The van der Waals surface area contributed by atoms with Crippen molar-refractivity contribution in [1.82, 2.24) is 5.32 Å². The first-order chi connectivity index (χ1) is 13.3. The highest BCUT2D eigenvalue weighted by atomic mass is 35.5. The summed E-state index contributed by atoms with van der Waals surface area (Å²) >= 11 is 6.30. The highest BCUT2D eigenvalue weighted by Crippen LogP contribution is 2.37. The van der Waals surface area contributed by atoms with Gasteiger partial charge in [-0.3, -0.25) is 4.79 Å². The van der Waals surface area contributed by atoms with Gasteiger partial charge in [0.25, 0.3) is 5.91 Å². The number of carbonyl (C=O) groups excluding carboxylic acids is 2. The normalized spacial score (nSPS) is 10.4. The lowest BCUT2D eigenvalue weighted by molar-refractivity contribution is 0.102. The molecule has 8 heteroatoms. The fourth-order valence-electron chi connectivity index (χ4n) is 2.27. The number of amides is 3. The van der Waals surface area contributed by atoms with Crippen LogP contribution >= 0.6 is 11.6 Å². The van der Waals surface area contributed by atoms with E-state index in [9.17, 15) is 9.59 Å². The molecule has 0 heterocycles. The summed E-state index contributed by atoms with van der Waals surface area (Å²) in [6, 6.07) is 9.53. The van der Waals surface area contributed by atoms with Gasteiger partial charge in [-0.05, 0) is 42.3 Å². The fourth-order valence-corrected chi connectivity index (χ4v) is 2.54. The molecule has 7 nitrogen and oxygen atoms in total. The van der Waals surface area contributed by atoms with E-state index >= 15 is 0 Å². The van der Waals surface area contributed by atoms with Gasteiger partial charge in [-0.2, -0.15) is 0 Å². The van der Waals surface area contributed by atoms with Gasteiger partial charge in [-0.15, -0.1) is 0 Å². The van der Waals surface area contributed by atoms with Gasteiger partial charge in [0.15, 0.2) is 11.5 Å². The molecule has 0 saturated carbocycles. The Morgan fingerprint density at radius 1 is 1.07 bits per heavy atom. The lowest BCUT2D eigenvalue weighted by atomic mass is 10.1. The van der Waals surface area contributed by atoms with Gasteiger partial charge in [-0.1, -0.05) is 25.4 Å². The minimum atomic E-state index is -0.345. The smallest absolute Gasteiger partial charge is 0.318 e. The largest absolute Gasteiger partial charge is 0.493 e. The Bertz CT molecular complexity index is 838. The van der Waals surface area contributed by atoms with E-state index in [2.05, 4.69) is 16.0 Å². The summed E-state index contributed by atoms with van der Waals surface area (Å²) in [6.45, 7) is 4.54. The Balaban J connectivity index is 2.13. The minimum Gasteiger partial charge on any atom is -0.493 e. The summed E-state index contributed by atoms with van der Waals surface area (Å²) in [6.07, 6.45) is 0. The number of ether oxygens (including phenoxy) is 2. The topological polar surface area (TPSA) is 88.7 Å². The molecule has 0 radical (unpaired) electrons. The molecule has 0 unspecified atom stereocenters. The number of hydrogen-bond acceptors (Lipinski definition) is 4. The molecule has 0 aliphatic rings. The Kier molecular flexibility index (Phi) is 7.52. The number of benzene rings is 2. The van der Waals surface area contributed by atoms with Gasteiger partial charge >= 0.3 is 6.03 Å². The molecule has 150 valence electrons. The molecule has 0 fully saturated rings. The summed E-state index contributed by atoms with van der Waals surface area (Å²) in [5.74, 6) is 0.787. The second-order valence-electron chi connectivity index (χ2n) is 6.43. The maximum Gasteiger partial charge on any atom is 0.318 e. The molecule has 0 aliphatic carbocycles. The van der Waals surface area contributed by atoms with Crippen LogP contribution in [0.25, 0.3) is 0 Å². The molecule has 0 atom stereocenters. The molecule has 2 aromatic rings. The lowest BCUT2D eigenvalue weighted by Crippen LogP contribution is -2.24. The minimum absolute atomic E-state index is 0.301. The van der Waals surface area contributed by atoms with Crippen LogP contribution in [0.2, 0.25) is 5.02 Å². The number of anilines is 2. The van der Waals surface area contributed by atoms with Gasteiger partial charge in [0.2, 0.25) is 0 Å². The number of methoxy groups -OCH3 is 1. The van der Waals surface area contributed by atoms with E-state index in [1.165, 1.54) is 20.2 Å². The third kappa shape index (κ3) is 5.79. The van der Waals surface area contributed by atoms with Crippen molar-refractivity contribution in [2.45, 2.75) is 13.8 Å². The first-order valence-electron chi connectivity index (χ1n) is 8.74. The summed E-state index contributed by atoms with van der Waals surface area (Å²) in [7, 11) is 3.02. The summed E-state index contributed by atoms with van der Waals surface area (Å²) in [5, 5.41) is 8.18. The molecular formula is C20H24ClN3O4. The van der Waals surface area contributed by atoms with Crippen molar-refractivity contribution in [3.05, 3.63) is 47.0 Å². The maximum absolute atomic E-state index is 12.6. The molecule has 2 aromatic carbocycles. The van der Waals surface area contributed by atoms with Crippen LogP contribution in [0.3, 0.4) is 0 Å². The van der Waals surface area contributed by atoms with E-state index in [0.29, 0.717) is 46.0 Å². The summed E-state index contributed by atoms with van der Waals surface area (Å²) in [4.78, 5) is 23.9. The van der Waals surface area contributed by atoms with Gasteiger partial charge in [0, 0.05) is 24.0 Å². The van der Waals surface area contributed by atoms with E-state index in [-0.39, 0.29) is 11.9 Å². The van der Waals surface area contributed by atoms with E-state index in [1.807, 2.05) is 13.8 Å². The third-order valence-electron chi connectivity index (χ3n) is 3.68. The molecule has 28 heavy (non-hydrogen) atoms. The van der Waals surface area contributed by atoms with E-state index in [4.69, 9.17) is 21.1 Å². The molecule has 2 rings (SSSR count). The molecule has 0 aliphatic heterocycles. The SMILES string of the molecule is CNC(=O)Nc1ccc(NC(=O)c2cc(Cl)c(OCC(C)C)c(OC)c2)cc1. The average Bonchev–Trinajstić information content (AvgIpc) is 2.67.